The second-order valence-electron chi connectivity index (χ2n) is 5.00. The first-order valence-electron chi connectivity index (χ1n) is 7.08. The second-order valence-corrected chi connectivity index (χ2v) is 5.00. The number of aryl methyl sites for hydroxylation is 1. The first-order chi connectivity index (χ1) is 9.34. The fraction of sp³-hybridized carbons (Fsp3) is 0.438. The van der Waals surface area contributed by atoms with Crippen LogP contribution < -0.4 is 5.32 Å². The van der Waals surface area contributed by atoms with Gasteiger partial charge in [0.1, 0.15) is 0 Å². The van der Waals surface area contributed by atoms with Crippen LogP contribution in [0.4, 0.5) is 0 Å². The lowest BCUT2D eigenvalue weighted by Gasteiger charge is -2.06. The average molecular weight is 258 g/mol. The van der Waals surface area contributed by atoms with Crippen molar-refractivity contribution in [3.63, 3.8) is 0 Å². The Morgan fingerprint density at radius 3 is 2.84 bits per heavy atom. The highest BCUT2D eigenvalue weighted by Gasteiger charge is 2.06. The van der Waals surface area contributed by atoms with E-state index < -0.39 is 0 Å². The van der Waals surface area contributed by atoms with Crippen LogP contribution in [-0.4, -0.2) is 17.4 Å². The number of amides is 1. The molecule has 0 bridgehead atoms. The first-order valence-corrected chi connectivity index (χ1v) is 7.08. The molecule has 1 heterocycles. The van der Waals surface area contributed by atoms with Gasteiger partial charge in [0.15, 0.2) is 0 Å². The van der Waals surface area contributed by atoms with E-state index in [1.54, 1.807) is 0 Å². The Balaban J connectivity index is 1.47. The Hall–Kier alpha value is -1.77. The van der Waals surface area contributed by atoms with Crippen LogP contribution in [0, 0.1) is 5.92 Å². The van der Waals surface area contributed by atoms with Crippen LogP contribution in [0.1, 0.15) is 31.2 Å². The number of carbonyl (C=O) groups excluding carboxylic acids is 1. The van der Waals surface area contributed by atoms with Crippen LogP contribution in [0.5, 0.6) is 0 Å². The van der Waals surface area contributed by atoms with Gasteiger partial charge in [0.05, 0.1) is 0 Å². The zero-order valence-electron chi connectivity index (χ0n) is 11.3. The predicted molar refractivity (Wildman–Crippen MR) is 77.7 cm³/mol. The van der Waals surface area contributed by atoms with Gasteiger partial charge in [-0.05, 0) is 43.2 Å². The summed E-state index contributed by atoms with van der Waals surface area (Å²) in [4.78, 5) is 14.7. The van der Waals surface area contributed by atoms with Gasteiger partial charge >= 0.3 is 0 Å². The van der Waals surface area contributed by atoms with E-state index in [2.05, 4.69) is 40.7 Å². The van der Waals surface area contributed by atoms with Gasteiger partial charge in [-0.15, -0.1) is 0 Å². The summed E-state index contributed by atoms with van der Waals surface area (Å²) in [5.74, 6) is 0.724. The van der Waals surface area contributed by atoms with Gasteiger partial charge in [0.25, 0.3) is 0 Å². The lowest BCUT2D eigenvalue weighted by atomic mass is 10.0. The van der Waals surface area contributed by atoms with Crippen LogP contribution in [-0.2, 0) is 11.2 Å². The summed E-state index contributed by atoms with van der Waals surface area (Å²) < 4.78 is 0. The maximum absolute atomic E-state index is 11.6. The molecule has 2 rings (SSSR count). The lowest BCUT2D eigenvalue weighted by molar-refractivity contribution is -0.121. The third-order valence-electron chi connectivity index (χ3n) is 3.40. The minimum Gasteiger partial charge on any atom is -0.367 e. The van der Waals surface area contributed by atoms with Crippen LogP contribution in [0.2, 0.25) is 0 Å². The summed E-state index contributed by atoms with van der Waals surface area (Å²) >= 11 is 0. The minimum absolute atomic E-state index is 0.181. The van der Waals surface area contributed by atoms with E-state index in [0.29, 0.717) is 12.3 Å². The quantitative estimate of drug-likeness (QED) is 0.692. The molecule has 1 aromatic heterocycles. The summed E-state index contributed by atoms with van der Waals surface area (Å²) in [5.41, 5.74) is 1.30. The molecule has 0 atom stereocenters. The van der Waals surface area contributed by atoms with Crippen molar-refractivity contribution in [2.24, 2.45) is 5.92 Å². The van der Waals surface area contributed by atoms with Crippen LogP contribution in [0.3, 0.4) is 0 Å². The number of nitrogens with one attached hydrogen (secondary N) is 2. The van der Waals surface area contributed by atoms with Crippen molar-refractivity contribution in [2.45, 2.75) is 32.1 Å². The van der Waals surface area contributed by atoms with Crippen LogP contribution in [0.25, 0.3) is 0 Å². The van der Waals surface area contributed by atoms with Crippen LogP contribution in [0.15, 0.2) is 42.8 Å². The van der Waals surface area contributed by atoms with Crippen molar-refractivity contribution in [3.05, 3.63) is 48.3 Å². The summed E-state index contributed by atoms with van der Waals surface area (Å²) in [6, 6.07) is 2.07. The topological polar surface area (TPSA) is 44.9 Å². The number of aromatic nitrogens is 1. The zero-order valence-corrected chi connectivity index (χ0v) is 11.3. The molecule has 0 saturated carbocycles. The molecule has 0 spiro atoms. The zero-order chi connectivity index (χ0) is 13.3. The molecule has 3 heteroatoms. The maximum Gasteiger partial charge on any atom is 0.219 e. The van der Waals surface area contributed by atoms with Gasteiger partial charge < -0.3 is 10.3 Å². The van der Waals surface area contributed by atoms with Gasteiger partial charge in [0, 0.05) is 25.4 Å². The van der Waals surface area contributed by atoms with E-state index in [1.807, 2.05) is 12.4 Å². The monoisotopic (exact) mass is 258 g/mol. The van der Waals surface area contributed by atoms with Gasteiger partial charge in [-0.25, -0.2) is 0 Å². The molecule has 0 saturated heterocycles. The highest BCUT2D eigenvalue weighted by Crippen LogP contribution is 2.16. The molecule has 0 aliphatic heterocycles. The van der Waals surface area contributed by atoms with E-state index >= 15 is 0 Å². The molecule has 0 aromatic carbocycles. The molecular formula is C16H22N2O. The smallest absolute Gasteiger partial charge is 0.219 e. The molecule has 3 nitrogen and oxygen atoms in total. The average Bonchev–Trinajstić information content (AvgIpc) is 3.07. The number of carbonyl (C=O) groups is 1. The van der Waals surface area contributed by atoms with E-state index in [0.717, 1.165) is 32.2 Å². The van der Waals surface area contributed by atoms with E-state index in [1.165, 1.54) is 5.56 Å². The fourth-order valence-electron chi connectivity index (χ4n) is 2.29. The maximum atomic E-state index is 11.6. The SMILES string of the molecule is O=C(CCCC1C=CC=C1)NCCCc1cc[nH]c1. The molecule has 0 fully saturated rings. The number of hydrogen-bond donors (Lipinski definition) is 2. The number of allylic oxidation sites excluding steroid dienone is 4. The Labute approximate surface area is 114 Å². The van der Waals surface area contributed by atoms with Crippen molar-refractivity contribution < 1.29 is 4.79 Å². The highest BCUT2D eigenvalue weighted by molar-refractivity contribution is 5.75. The van der Waals surface area contributed by atoms with Gasteiger partial charge in [-0.3, -0.25) is 4.79 Å². The number of rotatable bonds is 8. The molecule has 2 N–H and O–H groups in total. The van der Waals surface area contributed by atoms with Crippen LogP contribution >= 0.6 is 0 Å². The number of H-pyrrole nitrogens is 1. The Bertz CT molecular complexity index is 420. The van der Waals surface area contributed by atoms with Crippen molar-refractivity contribution in [3.8, 4) is 0 Å². The van der Waals surface area contributed by atoms with Crippen molar-refractivity contribution in [1.82, 2.24) is 10.3 Å². The summed E-state index contributed by atoms with van der Waals surface area (Å²) in [5, 5.41) is 2.99. The van der Waals surface area contributed by atoms with E-state index in [9.17, 15) is 4.79 Å². The molecule has 0 radical (unpaired) electrons. The molecule has 0 unspecified atom stereocenters. The molecule has 19 heavy (non-hydrogen) atoms. The minimum atomic E-state index is 0.181. The van der Waals surface area contributed by atoms with Gasteiger partial charge in [-0.2, -0.15) is 0 Å². The molecule has 102 valence electrons. The molecular weight excluding hydrogens is 236 g/mol. The van der Waals surface area contributed by atoms with Gasteiger partial charge in [-0.1, -0.05) is 24.3 Å². The number of hydrogen-bond acceptors (Lipinski definition) is 1. The molecule has 1 amide bonds. The van der Waals surface area contributed by atoms with Crippen molar-refractivity contribution in [2.75, 3.05) is 6.54 Å². The summed E-state index contributed by atoms with van der Waals surface area (Å²) in [6.07, 6.45) is 17.2. The van der Waals surface area contributed by atoms with Gasteiger partial charge in [0.2, 0.25) is 5.91 Å². The van der Waals surface area contributed by atoms with E-state index in [4.69, 9.17) is 0 Å². The first kappa shape index (κ1) is 13.7. The Kier molecular flexibility index (Phi) is 5.48. The van der Waals surface area contributed by atoms with Crippen molar-refractivity contribution in [1.29, 1.82) is 0 Å². The Morgan fingerprint density at radius 1 is 1.26 bits per heavy atom. The third kappa shape index (κ3) is 5.16. The standard InChI is InChI=1S/C16H22N2O/c19-16(9-3-7-14-5-1-2-6-14)18-11-4-8-15-10-12-17-13-15/h1-2,5-6,10,12-14,17H,3-4,7-9,11H2,(H,18,19). The largest absolute Gasteiger partial charge is 0.367 e. The van der Waals surface area contributed by atoms with E-state index in [-0.39, 0.29) is 5.91 Å². The normalized spacial score (nSPS) is 14.1. The predicted octanol–water partition coefficient (Wildman–Crippen LogP) is 2.98. The summed E-state index contributed by atoms with van der Waals surface area (Å²) in [7, 11) is 0. The fourth-order valence-corrected chi connectivity index (χ4v) is 2.29. The lowest BCUT2D eigenvalue weighted by Crippen LogP contribution is -2.24. The second kappa shape index (κ2) is 7.62. The third-order valence-corrected chi connectivity index (χ3v) is 3.40. The molecule has 1 aliphatic rings. The molecule has 1 aromatic rings. The Morgan fingerprint density at radius 2 is 2.11 bits per heavy atom. The van der Waals surface area contributed by atoms with Crippen molar-refractivity contribution >= 4 is 5.91 Å². The molecule has 1 aliphatic carbocycles. The number of aromatic amines is 1. The highest BCUT2D eigenvalue weighted by atomic mass is 16.1. The summed E-state index contributed by atoms with van der Waals surface area (Å²) in [6.45, 7) is 0.771.